The second-order valence-corrected chi connectivity index (χ2v) is 4.24. The third kappa shape index (κ3) is 1.40. The van der Waals surface area contributed by atoms with Crippen LogP contribution in [0.25, 0.3) is 0 Å². The van der Waals surface area contributed by atoms with Crippen LogP contribution < -0.4 is 5.32 Å². The van der Waals surface area contributed by atoms with Gasteiger partial charge in [0.15, 0.2) is 0 Å². The molecule has 1 aliphatic heterocycles. The zero-order chi connectivity index (χ0) is 8.55. The van der Waals surface area contributed by atoms with Crippen LogP contribution in [-0.4, -0.2) is 17.9 Å². The predicted octanol–water partition coefficient (Wildman–Crippen LogP) is 1.50. The summed E-state index contributed by atoms with van der Waals surface area (Å²) in [6.45, 7) is 2.11. The van der Waals surface area contributed by atoms with E-state index in [1.165, 1.54) is 19.3 Å². The number of rotatable bonds is 0. The molecule has 68 valence electrons. The Labute approximate surface area is 73.7 Å². The number of hydrogen-bond acceptors (Lipinski definition) is 2. The van der Waals surface area contributed by atoms with Crippen molar-refractivity contribution in [3.8, 4) is 0 Å². The molecule has 0 radical (unpaired) electrons. The van der Waals surface area contributed by atoms with Crippen LogP contribution in [0.5, 0.6) is 0 Å². The highest BCUT2D eigenvalue weighted by Crippen LogP contribution is 2.29. The van der Waals surface area contributed by atoms with Gasteiger partial charge in [0.25, 0.3) is 0 Å². The average molecular weight is 167 g/mol. The second-order valence-electron chi connectivity index (χ2n) is 4.24. The largest absolute Gasteiger partial charge is 0.310 e. The molecule has 0 unspecified atom stereocenters. The highest BCUT2D eigenvalue weighted by molar-refractivity contribution is 5.83. The normalized spacial score (nSPS) is 42.4. The first-order valence-electron chi connectivity index (χ1n) is 5.06. The number of carbonyl (C=O) groups excluding carboxylic acids is 1. The van der Waals surface area contributed by atoms with E-state index in [0.717, 1.165) is 12.8 Å². The monoisotopic (exact) mass is 167 g/mol. The fourth-order valence-corrected chi connectivity index (χ4v) is 2.59. The minimum absolute atomic E-state index is 0.356. The fraction of sp³-hybridized carbons (Fsp3) is 0.900. The predicted molar refractivity (Wildman–Crippen MR) is 48.0 cm³/mol. The first-order valence-corrected chi connectivity index (χ1v) is 5.06. The lowest BCUT2D eigenvalue weighted by Gasteiger charge is -2.38. The standard InChI is InChI=1S/C10H17NO/c1-7-6-10(12)8-4-2-3-5-9(8)11-7/h7-9,11H,2-6H2,1H3/t7-,8-,9-/m1/s1. The van der Waals surface area contributed by atoms with Gasteiger partial charge in [-0.15, -0.1) is 0 Å². The van der Waals surface area contributed by atoms with Crippen LogP contribution in [0, 0.1) is 5.92 Å². The van der Waals surface area contributed by atoms with E-state index in [4.69, 9.17) is 0 Å². The molecule has 2 aliphatic rings. The number of carbonyl (C=O) groups is 1. The maximum absolute atomic E-state index is 11.6. The van der Waals surface area contributed by atoms with E-state index in [9.17, 15) is 4.79 Å². The molecule has 2 rings (SSSR count). The molecule has 0 amide bonds. The smallest absolute Gasteiger partial charge is 0.139 e. The van der Waals surface area contributed by atoms with Gasteiger partial charge in [-0.3, -0.25) is 4.79 Å². The van der Waals surface area contributed by atoms with E-state index in [2.05, 4.69) is 12.2 Å². The van der Waals surface area contributed by atoms with Crippen LogP contribution in [0.15, 0.2) is 0 Å². The Balaban J connectivity index is 2.06. The lowest BCUT2D eigenvalue weighted by atomic mass is 9.77. The average Bonchev–Trinajstić information content (AvgIpc) is 2.04. The number of hydrogen-bond donors (Lipinski definition) is 1. The molecule has 3 atom stereocenters. The number of Topliss-reactive ketones (excluding diaryl/α,β-unsaturated/α-hetero) is 1. The van der Waals surface area contributed by atoms with Gasteiger partial charge in [0, 0.05) is 24.4 Å². The van der Waals surface area contributed by atoms with Gasteiger partial charge < -0.3 is 5.32 Å². The summed E-state index contributed by atoms with van der Waals surface area (Å²) in [5.74, 6) is 0.862. The molecule has 2 fully saturated rings. The molecule has 0 aromatic heterocycles. The van der Waals surface area contributed by atoms with Crippen molar-refractivity contribution >= 4 is 5.78 Å². The van der Waals surface area contributed by atoms with Crippen LogP contribution in [-0.2, 0) is 4.79 Å². The van der Waals surface area contributed by atoms with Crippen LogP contribution in [0.4, 0.5) is 0 Å². The number of ketones is 1. The molecule has 2 heteroatoms. The van der Waals surface area contributed by atoms with Crippen LogP contribution in [0.1, 0.15) is 39.0 Å². The quantitative estimate of drug-likeness (QED) is 0.592. The maximum Gasteiger partial charge on any atom is 0.139 e. The van der Waals surface area contributed by atoms with Gasteiger partial charge in [0.05, 0.1) is 0 Å². The summed E-state index contributed by atoms with van der Waals surface area (Å²) in [6.07, 6.45) is 5.64. The molecule has 1 N–H and O–H groups in total. The zero-order valence-electron chi connectivity index (χ0n) is 7.68. The summed E-state index contributed by atoms with van der Waals surface area (Å²) in [5, 5.41) is 3.53. The van der Waals surface area contributed by atoms with Gasteiger partial charge >= 0.3 is 0 Å². The lowest BCUT2D eigenvalue weighted by molar-refractivity contribution is -0.127. The zero-order valence-corrected chi connectivity index (χ0v) is 7.68. The Morgan fingerprint density at radius 1 is 1.33 bits per heavy atom. The minimum atomic E-state index is 0.356. The summed E-state index contributed by atoms with van der Waals surface area (Å²) in [4.78, 5) is 11.6. The van der Waals surface area contributed by atoms with Crippen molar-refractivity contribution in [2.75, 3.05) is 0 Å². The van der Waals surface area contributed by atoms with Gasteiger partial charge in [-0.05, 0) is 19.8 Å². The number of fused-ring (bicyclic) bond motifs is 1. The van der Waals surface area contributed by atoms with Gasteiger partial charge in [0.1, 0.15) is 5.78 Å². The molecule has 0 aromatic carbocycles. The van der Waals surface area contributed by atoms with Gasteiger partial charge in [-0.25, -0.2) is 0 Å². The van der Waals surface area contributed by atoms with Gasteiger partial charge in [-0.2, -0.15) is 0 Å². The molecule has 1 aliphatic carbocycles. The lowest BCUT2D eigenvalue weighted by Crippen LogP contribution is -2.52. The number of nitrogens with one attached hydrogen (secondary N) is 1. The molecular formula is C10H17NO. The van der Waals surface area contributed by atoms with E-state index < -0.39 is 0 Å². The van der Waals surface area contributed by atoms with Crippen LogP contribution in [0.2, 0.25) is 0 Å². The van der Waals surface area contributed by atoms with E-state index in [1.54, 1.807) is 0 Å². The molecular weight excluding hydrogens is 150 g/mol. The van der Waals surface area contributed by atoms with Crippen molar-refractivity contribution in [2.45, 2.75) is 51.1 Å². The van der Waals surface area contributed by atoms with E-state index in [-0.39, 0.29) is 0 Å². The van der Waals surface area contributed by atoms with Crippen LogP contribution >= 0.6 is 0 Å². The third-order valence-electron chi connectivity index (χ3n) is 3.19. The second kappa shape index (κ2) is 3.17. The minimum Gasteiger partial charge on any atom is -0.310 e. The topological polar surface area (TPSA) is 29.1 Å². The van der Waals surface area contributed by atoms with Crippen molar-refractivity contribution in [1.29, 1.82) is 0 Å². The Hall–Kier alpha value is -0.370. The molecule has 1 saturated carbocycles. The molecule has 2 nitrogen and oxygen atoms in total. The van der Waals surface area contributed by atoms with E-state index >= 15 is 0 Å². The molecule has 1 saturated heterocycles. The molecule has 12 heavy (non-hydrogen) atoms. The Kier molecular flexibility index (Phi) is 2.18. The van der Waals surface area contributed by atoms with Crippen molar-refractivity contribution < 1.29 is 4.79 Å². The van der Waals surface area contributed by atoms with E-state index in [0.29, 0.717) is 23.8 Å². The number of piperidine rings is 1. The summed E-state index contributed by atoms with van der Waals surface area (Å²) < 4.78 is 0. The SMILES string of the molecule is C[C@@H]1CC(=O)[C@@H]2CCCC[C@H]2N1. The van der Waals surface area contributed by atoms with Crippen molar-refractivity contribution in [3.63, 3.8) is 0 Å². The Morgan fingerprint density at radius 2 is 2.08 bits per heavy atom. The maximum atomic E-state index is 11.6. The molecule has 0 aromatic rings. The summed E-state index contributed by atoms with van der Waals surface area (Å²) in [6, 6.07) is 0.923. The van der Waals surface area contributed by atoms with Crippen molar-refractivity contribution in [2.24, 2.45) is 5.92 Å². The van der Waals surface area contributed by atoms with Crippen molar-refractivity contribution in [3.05, 3.63) is 0 Å². The molecule has 0 bridgehead atoms. The third-order valence-corrected chi connectivity index (χ3v) is 3.19. The molecule has 1 heterocycles. The first kappa shape index (κ1) is 8.24. The summed E-state index contributed by atoms with van der Waals surface area (Å²) in [5.41, 5.74) is 0. The Morgan fingerprint density at radius 3 is 2.92 bits per heavy atom. The highest BCUT2D eigenvalue weighted by atomic mass is 16.1. The van der Waals surface area contributed by atoms with Crippen molar-refractivity contribution in [1.82, 2.24) is 5.32 Å². The summed E-state index contributed by atoms with van der Waals surface area (Å²) >= 11 is 0. The van der Waals surface area contributed by atoms with Gasteiger partial charge in [0.2, 0.25) is 0 Å². The highest BCUT2D eigenvalue weighted by Gasteiger charge is 2.35. The summed E-state index contributed by atoms with van der Waals surface area (Å²) in [7, 11) is 0. The van der Waals surface area contributed by atoms with Crippen LogP contribution in [0.3, 0.4) is 0 Å². The van der Waals surface area contributed by atoms with E-state index in [1.807, 2.05) is 0 Å². The molecule has 0 spiro atoms. The van der Waals surface area contributed by atoms with Gasteiger partial charge in [-0.1, -0.05) is 12.8 Å². The Bertz CT molecular complexity index is 190. The first-order chi connectivity index (χ1) is 5.77. The fourth-order valence-electron chi connectivity index (χ4n) is 2.59.